The molecular formula is C20H23NO5. The molecule has 26 heavy (non-hydrogen) atoms. The lowest BCUT2D eigenvalue weighted by atomic mass is 10.0. The van der Waals surface area contributed by atoms with Crippen LogP contribution in [0.25, 0.3) is 11.1 Å². The number of hydrogen-bond acceptors (Lipinski definition) is 5. The van der Waals surface area contributed by atoms with Crippen LogP contribution in [0.3, 0.4) is 0 Å². The molecule has 0 bridgehead atoms. The molecule has 1 aliphatic heterocycles. The van der Waals surface area contributed by atoms with Crippen LogP contribution >= 0.6 is 0 Å². The van der Waals surface area contributed by atoms with E-state index >= 15 is 0 Å². The zero-order valence-electron chi connectivity index (χ0n) is 15.3. The molecule has 0 spiro atoms. The SMILES string of the molecule is COCCN1C(=O)COCc2cc(-c3ccc(OC)c(OC)c3)ccc21. The number of benzene rings is 2. The van der Waals surface area contributed by atoms with Crippen molar-refractivity contribution in [3.05, 3.63) is 42.0 Å². The third-order valence-corrected chi connectivity index (χ3v) is 4.39. The van der Waals surface area contributed by atoms with Crippen LogP contribution in [0, 0.1) is 0 Å². The summed E-state index contributed by atoms with van der Waals surface area (Å²) in [6.07, 6.45) is 0. The largest absolute Gasteiger partial charge is 0.493 e. The highest BCUT2D eigenvalue weighted by atomic mass is 16.5. The van der Waals surface area contributed by atoms with Gasteiger partial charge in [0.05, 0.1) is 27.4 Å². The number of hydrogen-bond donors (Lipinski definition) is 0. The average molecular weight is 357 g/mol. The maximum Gasteiger partial charge on any atom is 0.253 e. The van der Waals surface area contributed by atoms with Crippen LogP contribution in [0.5, 0.6) is 11.5 Å². The van der Waals surface area contributed by atoms with E-state index in [1.54, 1.807) is 26.2 Å². The van der Waals surface area contributed by atoms with Crippen molar-refractivity contribution in [2.24, 2.45) is 0 Å². The highest BCUT2D eigenvalue weighted by Crippen LogP contribution is 2.35. The zero-order chi connectivity index (χ0) is 18.5. The highest BCUT2D eigenvalue weighted by molar-refractivity contribution is 5.96. The number of nitrogens with zero attached hydrogens (tertiary/aromatic N) is 1. The molecule has 2 aromatic rings. The van der Waals surface area contributed by atoms with Gasteiger partial charge < -0.3 is 23.8 Å². The fourth-order valence-electron chi connectivity index (χ4n) is 3.05. The summed E-state index contributed by atoms with van der Waals surface area (Å²) in [4.78, 5) is 14.0. The van der Waals surface area contributed by atoms with E-state index in [0.717, 1.165) is 22.4 Å². The summed E-state index contributed by atoms with van der Waals surface area (Å²) in [5, 5.41) is 0. The van der Waals surface area contributed by atoms with Gasteiger partial charge in [0, 0.05) is 24.9 Å². The first kappa shape index (κ1) is 18.2. The smallest absolute Gasteiger partial charge is 0.253 e. The fraction of sp³-hybridized carbons (Fsp3) is 0.350. The molecule has 6 nitrogen and oxygen atoms in total. The van der Waals surface area contributed by atoms with Crippen LogP contribution in [0.2, 0.25) is 0 Å². The monoisotopic (exact) mass is 357 g/mol. The molecule has 0 atom stereocenters. The van der Waals surface area contributed by atoms with Gasteiger partial charge in [-0.3, -0.25) is 4.79 Å². The molecule has 0 unspecified atom stereocenters. The Kier molecular flexibility index (Phi) is 5.75. The predicted octanol–water partition coefficient (Wildman–Crippen LogP) is 2.88. The van der Waals surface area contributed by atoms with E-state index in [4.69, 9.17) is 18.9 Å². The molecule has 2 aromatic carbocycles. The molecule has 6 heteroatoms. The van der Waals surface area contributed by atoms with E-state index in [9.17, 15) is 4.79 Å². The first-order valence-corrected chi connectivity index (χ1v) is 8.40. The van der Waals surface area contributed by atoms with Gasteiger partial charge in [0.2, 0.25) is 0 Å². The van der Waals surface area contributed by atoms with Crippen molar-refractivity contribution in [3.63, 3.8) is 0 Å². The fourth-order valence-corrected chi connectivity index (χ4v) is 3.05. The van der Waals surface area contributed by atoms with Gasteiger partial charge >= 0.3 is 0 Å². The minimum Gasteiger partial charge on any atom is -0.493 e. The van der Waals surface area contributed by atoms with Gasteiger partial charge in [0.1, 0.15) is 6.61 Å². The third-order valence-electron chi connectivity index (χ3n) is 4.39. The summed E-state index contributed by atoms with van der Waals surface area (Å²) in [6, 6.07) is 11.8. The second-order valence-electron chi connectivity index (χ2n) is 5.94. The summed E-state index contributed by atoms with van der Waals surface area (Å²) < 4.78 is 21.4. The van der Waals surface area contributed by atoms with Gasteiger partial charge in [-0.15, -0.1) is 0 Å². The Bertz CT molecular complexity index is 790. The first-order chi connectivity index (χ1) is 12.7. The Balaban J connectivity index is 1.97. The van der Waals surface area contributed by atoms with E-state index in [2.05, 4.69) is 6.07 Å². The number of carbonyl (C=O) groups excluding carboxylic acids is 1. The second kappa shape index (κ2) is 8.21. The lowest BCUT2D eigenvalue weighted by Crippen LogP contribution is -2.35. The molecule has 0 fully saturated rings. The quantitative estimate of drug-likeness (QED) is 0.796. The van der Waals surface area contributed by atoms with Crippen molar-refractivity contribution < 1.29 is 23.7 Å². The maximum absolute atomic E-state index is 12.3. The number of methoxy groups -OCH3 is 3. The van der Waals surface area contributed by atoms with Gasteiger partial charge in [-0.05, 0) is 35.4 Å². The van der Waals surface area contributed by atoms with E-state index < -0.39 is 0 Å². The van der Waals surface area contributed by atoms with Crippen LogP contribution in [0.4, 0.5) is 5.69 Å². The lowest BCUT2D eigenvalue weighted by Gasteiger charge is -2.22. The number of rotatable bonds is 6. The number of anilines is 1. The molecule has 1 amide bonds. The Labute approximate surface area is 153 Å². The standard InChI is InChI=1S/C20H23NO5/c1-23-9-8-21-17-6-4-14(10-16(17)12-26-13-20(21)22)15-5-7-18(24-2)19(11-15)25-3/h4-7,10-11H,8-9,12-13H2,1-3H3. The van der Waals surface area contributed by atoms with Crippen molar-refractivity contribution in [2.75, 3.05) is 46.0 Å². The Morgan fingerprint density at radius 1 is 0.962 bits per heavy atom. The Morgan fingerprint density at radius 3 is 2.42 bits per heavy atom. The Morgan fingerprint density at radius 2 is 1.69 bits per heavy atom. The van der Waals surface area contributed by atoms with E-state index in [-0.39, 0.29) is 12.5 Å². The topological polar surface area (TPSA) is 57.2 Å². The van der Waals surface area contributed by atoms with Gasteiger partial charge in [-0.2, -0.15) is 0 Å². The molecule has 1 heterocycles. The van der Waals surface area contributed by atoms with Crippen LogP contribution in [-0.2, 0) is 20.9 Å². The molecule has 138 valence electrons. The number of amides is 1. The molecule has 0 saturated heterocycles. The third kappa shape index (κ3) is 3.66. The summed E-state index contributed by atoms with van der Waals surface area (Å²) in [7, 11) is 4.86. The minimum absolute atomic E-state index is 0.0559. The van der Waals surface area contributed by atoms with Gasteiger partial charge in [-0.1, -0.05) is 12.1 Å². The van der Waals surface area contributed by atoms with E-state index in [0.29, 0.717) is 31.3 Å². The van der Waals surface area contributed by atoms with Gasteiger partial charge in [-0.25, -0.2) is 0 Å². The Hall–Kier alpha value is -2.57. The average Bonchev–Trinajstić information content (AvgIpc) is 2.83. The van der Waals surface area contributed by atoms with Gasteiger partial charge in [0.25, 0.3) is 5.91 Å². The highest BCUT2D eigenvalue weighted by Gasteiger charge is 2.23. The number of carbonyl (C=O) groups is 1. The van der Waals surface area contributed by atoms with Crippen LogP contribution in [0.15, 0.2) is 36.4 Å². The molecule has 1 aliphatic rings. The summed E-state index contributed by atoms with van der Waals surface area (Å²) in [5.74, 6) is 1.30. The summed E-state index contributed by atoms with van der Waals surface area (Å²) in [5.41, 5.74) is 3.87. The molecule has 0 aromatic heterocycles. The summed E-state index contributed by atoms with van der Waals surface area (Å²) >= 11 is 0. The van der Waals surface area contributed by atoms with Crippen molar-refractivity contribution in [3.8, 4) is 22.6 Å². The maximum atomic E-state index is 12.3. The number of ether oxygens (including phenoxy) is 4. The molecular weight excluding hydrogens is 334 g/mol. The molecule has 3 rings (SSSR count). The van der Waals surface area contributed by atoms with E-state index in [1.165, 1.54) is 0 Å². The lowest BCUT2D eigenvalue weighted by molar-refractivity contribution is -0.123. The van der Waals surface area contributed by atoms with Gasteiger partial charge in [0.15, 0.2) is 11.5 Å². The van der Waals surface area contributed by atoms with Crippen molar-refractivity contribution >= 4 is 11.6 Å². The summed E-state index contributed by atoms with van der Waals surface area (Å²) in [6.45, 7) is 1.44. The first-order valence-electron chi connectivity index (χ1n) is 8.40. The number of fused-ring (bicyclic) bond motifs is 1. The van der Waals surface area contributed by atoms with Crippen molar-refractivity contribution in [1.82, 2.24) is 0 Å². The second-order valence-corrected chi connectivity index (χ2v) is 5.94. The zero-order valence-corrected chi connectivity index (χ0v) is 15.3. The predicted molar refractivity (Wildman–Crippen MR) is 98.9 cm³/mol. The van der Waals surface area contributed by atoms with Crippen molar-refractivity contribution in [2.45, 2.75) is 6.61 Å². The molecule has 0 aliphatic carbocycles. The molecule has 0 radical (unpaired) electrons. The van der Waals surface area contributed by atoms with Crippen molar-refractivity contribution in [1.29, 1.82) is 0 Å². The molecule has 0 N–H and O–H groups in total. The van der Waals surface area contributed by atoms with Crippen LogP contribution in [0.1, 0.15) is 5.56 Å². The normalized spacial score (nSPS) is 14.0. The molecule has 0 saturated carbocycles. The van der Waals surface area contributed by atoms with E-state index in [1.807, 2.05) is 30.3 Å². The van der Waals surface area contributed by atoms with Crippen LogP contribution in [-0.4, -0.2) is 47.0 Å². The minimum atomic E-state index is -0.0559. The van der Waals surface area contributed by atoms with Crippen LogP contribution < -0.4 is 14.4 Å².